The molecular formula is C31H40NO2+. The molecule has 1 heterocycles. The maximum absolute atomic E-state index is 5.93. The van der Waals surface area contributed by atoms with E-state index in [0.717, 1.165) is 31.1 Å². The molecule has 180 valence electrons. The van der Waals surface area contributed by atoms with E-state index in [-0.39, 0.29) is 0 Å². The number of rotatable bonds is 16. The van der Waals surface area contributed by atoms with Crippen molar-refractivity contribution in [1.82, 2.24) is 0 Å². The smallest absolute Gasteiger partial charge is 0.204 e. The van der Waals surface area contributed by atoms with Crippen molar-refractivity contribution in [3.63, 3.8) is 0 Å². The quantitative estimate of drug-likeness (QED) is 0.161. The van der Waals surface area contributed by atoms with E-state index in [1.165, 1.54) is 68.2 Å². The number of hydrogen-bond acceptors (Lipinski definition) is 2. The van der Waals surface area contributed by atoms with Crippen LogP contribution in [0, 0.1) is 0 Å². The van der Waals surface area contributed by atoms with Gasteiger partial charge in [0.2, 0.25) is 5.69 Å². The lowest BCUT2D eigenvalue weighted by molar-refractivity contribution is -0.699. The van der Waals surface area contributed by atoms with Crippen LogP contribution >= 0.6 is 0 Å². The molecule has 0 spiro atoms. The molecule has 3 nitrogen and oxygen atoms in total. The first-order chi connectivity index (χ1) is 16.8. The van der Waals surface area contributed by atoms with E-state index in [9.17, 15) is 0 Å². The van der Waals surface area contributed by atoms with Crippen LogP contribution in [0.5, 0.6) is 11.5 Å². The van der Waals surface area contributed by atoms with Crippen molar-refractivity contribution in [3.05, 3.63) is 85.2 Å². The molecule has 0 amide bonds. The molecule has 3 rings (SSSR count). The summed E-state index contributed by atoms with van der Waals surface area (Å²) in [5.41, 5.74) is 3.58. The molecule has 3 heteroatoms. The van der Waals surface area contributed by atoms with Crippen molar-refractivity contribution in [2.75, 3.05) is 13.7 Å². The first-order valence-electron chi connectivity index (χ1n) is 12.8. The third kappa shape index (κ3) is 8.70. The lowest BCUT2D eigenvalue weighted by Crippen LogP contribution is -2.36. The molecule has 0 radical (unpaired) electrons. The van der Waals surface area contributed by atoms with Gasteiger partial charge in [0.25, 0.3) is 0 Å². The predicted octanol–water partition coefficient (Wildman–Crippen LogP) is 7.88. The summed E-state index contributed by atoms with van der Waals surface area (Å²) < 4.78 is 13.5. The molecule has 0 saturated heterocycles. The number of unbranched alkanes of at least 4 members (excludes halogenated alkanes) is 8. The lowest BCUT2D eigenvalue weighted by Gasteiger charge is -2.08. The molecule has 2 aromatic carbocycles. The minimum Gasteiger partial charge on any atom is -0.497 e. The SMILES string of the molecule is C=Cc1cccc[n+]1CCCCCCCCCCCOc1ccc(-c2ccc(OC)cc2)cc1. The summed E-state index contributed by atoms with van der Waals surface area (Å²) in [6.07, 6.45) is 15.7. The van der Waals surface area contributed by atoms with Crippen LogP contribution in [0.2, 0.25) is 0 Å². The lowest BCUT2D eigenvalue weighted by atomic mass is 10.1. The number of aromatic nitrogens is 1. The highest BCUT2D eigenvalue weighted by Gasteiger charge is 2.05. The number of ether oxygens (including phenoxy) is 2. The molecule has 0 aliphatic carbocycles. The third-order valence-corrected chi connectivity index (χ3v) is 6.27. The first kappa shape index (κ1) is 25.6. The Hall–Kier alpha value is -3.07. The Morgan fingerprint density at radius 3 is 1.82 bits per heavy atom. The molecule has 0 aliphatic heterocycles. The summed E-state index contributed by atoms with van der Waals surface area (Å²) in [6, 6.07) is 22.8. The van der Waals surface area contributed by atoms with Gasteiger partial charge in [-0.25, -0.2) is 0 Å². The van der Waals surface area contributed by atoms with Gasteiger partial charge >= 0.3 is 0 Å². The number of nitrogens with zero attached hydrogens (tertiary/aromatic N) is 1. The van der Waals surface area contributed by atoms with Crippen LogP contribution < -0.4 is 14.0 Å². The highest BCUT2D eigenvalue weighted by atomic mass is 16.5. The van der Waals surface area contributed by atoms with Crippen molar-refractivity contribution < 1.29 is 14.0 Å². The molecule has 34 heavy (non-hydrogen) atoms. The molecular weight excluding hydrogens is 418 g/mol. The molecule has 0 N–H and O–H groups in total. The Morgan fingerprint density at radius 1 is 0.676 bits per heavy atom. The van der Waals surface area contributed by atoms with Crippen molar-refractivity contribution >= 4 is 6.08 Å². The topological polar surface area (TPSA) is 22.3 Å². The van der Waals surface area contributed by atoms with Crippen LogP contribution in [0.3, 0.4) is 0 Å². The van der Waals surface area contributed by atoms with E-state index in [1.807, 2.05) is 18.2 Å². The summed E-state index contributed by atoms with van der Waals surface area (Å²) in [4.78, 5) is 0. The normalized spacial score (nSPS) is 10.7. The fourth-order valence-electron chi connectivity index (χ4n) is 4.22. The van der Waals surface area contributed by atoms with Crippen LogP contribution in [0.1, 0.15) is 63.5 Å². The zero-order chi connectivity index (χ0) is 23.8. The molecule has 0 atom stereocenters. The second kappa shape index (κ2) is 15.0. The van der Waals surface area contributed by atoms with Crippen LogP contribution in [0.4, 0.5) is 0 Å². The number of aryl methyl sites for hydroxylation is 1. The highest BCUT2D eigenvalue weighted by molar-refractivity contribution is 5.64. The Bertz CT molecular complexity index is 963. The van der Waals surface area contributed by atoms with Crippen molar-refractivity contribution in [2.45, 2.75) is 64.3 Å². The minimum absolute atomic E-state index is 0.797. The third-order valence-electron chi connectivity index (χ3n) is 6.27. The largest absolute Gasteiger partial charge is 0.497 e. The predicted molar refractivity (Wildman–Crippen MR) is 142 cm³/mol. The zero-order valence-electron chi connectivity index (χ0n) is 20.8. The summed E-state index contributed by atoms with van der Waals surface area (Å²) in [6.45, 7) is 5.78. The monoisotopic (exact) mass is 458 g/mol. The van der Waals surface area contributed by atoms with Crippen molar-refractivity contribution in [2.24, 2.45) is 0 Å². The molecule has 3 aromatic rings. The number of hydrogen-bond donors (Lipinski definition) is 0. The molecule has 0 unspecified atom stereocenters. The zero-order valence-corrected chi connectivity index (χ0v) is 20.8. The van der Waals surface area contributed by atoms with Crippen LogP contribution in [-0.4, -0.2) is 13.7 Å². The standard InChI is InChI=1S/C31H40NO2/c1-3-29-15-11-13-25-32(29)24-12-9-7-5-4-6-8-10-14-26-34-31-22-18-28(19-23-31)27-16-20-30(33-2)21-17-27/h3,11,13,15-23,25H,1,4-10,12,14,24,26H2,2H3/q+1. The number of methoxy groups -OCH3 is 1. The van der Waals surface area contributed by atoms with E-state index in [2.05, 4.69) is 71.9 Å². The summed E-state index contributed by atoms with van der Waals surface area (Å²) >= 11 is 0. The number of benzene rings is 2. The molecule has 0 fully saturated rings. The van der Waals surface area contributed by atoms with E-state index < -0.39 is 0 Å². The van der Waals surface area contributed by atoms with Gasteiger partial charge in [-0.2, -0.15) is 4.57 Å². The van der Waals surface area contributed by atoms with Gasteiger partial charge in [0.15, 0.2) is 6.20 Å². The Balaban J connectivity index is 1.17. The Labute approximate surface area is 206 Å². The van der Waals surface area contributed by atoms with Gasteiger partial charge in [-0.1, -0.05) is 69.4 Å². The summed E-state index contributed by atoms with van der Waals surface area (Å²) in [7, 11) is 1.69. The van der Waals surface area contributed by atoms with Gasteiger partial charge < -0.3 is 9.47 Å². The molecule has 1 aromatic heterocycles. The maximum Gasteiger partial charge on any atom is 0.204 e. The average molecular weight is 459 g/mol. The Kier molecular flexibility index (Phi) is 11.2. The van der Waals surface area contributed by atoms with Gasteiger partial charge in [-0.3, -0.25) is 0 Å². The van der Waals surface area contributed by atoms with Gasteiger partial charge in [0.05, 0.1) is 13.7 Å². The molecule has 0 bridgehead atoms. The van der Waals surface area contributed by atoms with Crippen molar-refractivity contribution in [1.29, 1.82) is 0 Å². The van der Waals surface area contributed by atoms with Crippen LogP contribution in [0.25, 0.3) is 17.2 Å². The second-order valence-electron chi connectivity index (χ2n) is 8.81. The van der Waals surface area contributed by atoms with E-state index in [1.54, 1.807) is 7.11 Å². The van der Waals surface area contributed by atoms with E-state index in [4.69, 9.17) is 9.47 Å². The summed E-state index contributed by atoms with van der Waals surface area (Å²) in [5.74, 6) is 1.83. The fraction of sp³-hybridized carbons (Fsp3) is 0.387. The minimum atomic E-state index is 0.797. The van der Waals surface area contributed by atoms with Gasteiger partial charge in [0, 0.05) is 24.6 Å². The van der Waals surface area contributed by atoms with E-state index in [0.29, 0.717) is 0 Å². The van der Waals surface area contributed by atoms with Crippen LogP contribution in [-0.2, 0) is 6.54 Å². The molecule has 0 aliphatic rings. The van der Waals surface area contributed by atoms with E-state index >= 15 is 0 Å². The average Bonchev–Trinajstić information content (AvgIpc) is 2.90. The molecule has 0 saturated carbocycles. The summed E-state index contributed by atoms with van der Waals surface area (Å²) in [5, 5.41) is 0. The first-order valence-corrected chi connectivity index (χ1v) is 12.8. The highest BCUT2D eigenvalue weighted by Crippen LogP contribution is 2.24. The second-order valence-corrected chi connectivity index (χ2v) is 8.81. The maximum atomic E-state index is 5.93. The van der Waals surface area contributed by atoms with Gasteiger partial charge in [-0.05, 0) is 54.3 Å². The van der Waals surface area contributed by atoms with Gasteiger partial charge in [-0.15, -0.1) is 0 Å². The fourth-order valence-corrected chi connectivity index (χ4v) is 4.22. The van der Waals surface area contributed by atoms with Crippen molar-refractivity contribution in [3.8, 4) is 22.6 Å². The van der Waals surface area contributed by atoms with Gasteiger partial charge in [0.1, 0.15) is 18.0 Å². The number of pyridine rings is 1. The van der Waals surface area contributed by atoms with Crippen LogP contribution in [0.15, 0.2) is 79.5 Å². The Morgan fingerprint density at radius 2 is 1.24 bits per heavy atom.